The van der Waals surface area contributed by atoms with Gasteiger partial charge in [-0.1, -0.05) is 6.92 Å². The minimum Gasteiger partial charge on any atom is -0.308 e. The zero-order chi connectivity index (χ0) is 14.1. The summed E-state index contributed by atoms with van der Waals surface area (Å²) in [6.07, 6.45) is 6.30. The van der Waals surface area contributed by atoms with Crippen LogP contribution in [0, 0.1) is 6.92 Å². The summed E-state index contributed by atoms with van der Waals surface area (Å²) in [5.41, 5.74) is 4.72. The van der Waals surface area contributed by atoms with Crippen LogP contribution in [0.15, 0.2) is 12.3 Å². The lowest BCUT2D eigenvalue weighted by Gasteiger charge is -2.11. The van der Waals surface area contributed by atoms with Crippen molar-refractivity contribution in [1.29, 1.82) is 0 Å². The Balaban J connectivity index is 2.02. The Morgan fingerprint density at radius 3 is 2.85 bits per heavy atom. The summed E-state index contributed by atoms with van der Waals surface area (Å²) in [6.45, 7) is 4.07. The summed E-state index contributed by atoms with van der Waals surface area (Å²) in [5.74, 6) is 8.47. The highest BCUT2D eigenvalue weighted by Crippen LogP contribution is 2.39. The second kappa shape index (κ2) is 5.20. The molecule has 0 aromatic carbocycles. The number of nitrogen functional groups attached to an aromatic ring is 1. The fourth-order valence-corrected chi connectivity index (χ4v) is 2.30. The molecular formula is C14H20N6. The first-order valence-corrected chi connectivity index (χ1v) is 7.13. The monoisotopic (exact) mass is 272 g/mol. The summed E-state index contributed by atoms with van der Waals surface area (Å²) >= 11 is 0. The third-order valence-electron chi connectivity index (χ3n) is 3.60. The van der Waals surface area contributed by atoms with Crippen molar-refractivity contribution in [2.45, 2.75) is 45.4 Å². The van der Waals surface area contributed by atoms with Gasteiger partial charge in [-0.05, 0) is 32.3 Å². The number of aryl methyl sites for hydroxylation is 1. The van der Waals surface area contributed by atoms with Gasteiger partial charge in [0.1, 0.15) is 11.6 Å². The highest BCUT2D eigenvalue weighted by molar-refractivity contribution is 5.50. The molecule has 3 N–H and O–H groups in total. The van der Waals surface area contributed by atoms with Gasteiger partial charge in [0.05, 0.1) is 5.69 Å². The summed E-state index contributed by atoms with van der Waals surface area (Å²) < 4.78 is 1.84. The molecule has 3 rings (SSSR count). The number of nitrogens with zero attached hydrogens (tertiary/aromatic N) is 4. The molecule has 0 radical (unpaired) electrons. The Hall–Kier alpha value is -1.95. The lowest BCUT2D eigenvalue weighted by atomic mass is 10.2. The van der Waals surface area contributed by atoms with E-state index in [4.69, 9.17) is 5.84 Å². The van der Waals surface area contributed by atoms with Crippen LogP contribution >= 0.6 is 0 Å². The molecule has 1 aliphatic rings. The van der Waals surface area contributed by atoms with Crippen LogP contribution in [0.25, 0.3) is 5.82 Å². The molecule has 0 saturated heterocycles. The van der Waals surface area contributed by atoms with Crippen LogP contribution in [0.5, 0.6) is 0 Å². The maximum Gasteiger partial charge on any atom is 0.162 e. The van der Waals surface area contributed by atoms with Crippen LogP contribution in [0.4, 0.5) is 5.82 Å². The topological polar surface area (TPSA) is 81.6 Å². The third-order valence-corrected chi connectivity index (χ3v) is 3.60. The molecule has 20 heavy (non-hydrogen) atoms. The molecule has 1 fully saturated rings. The smallest absolute Gasteiger partial charge is 0.162 e. The Morgan fingerprint density at radius 2 is 2.20 bits per heavy atom. The van der Waals surface area contributed by atoms with E-state index in [1.54, 1.807) is 0 Å². The number of anilines is 1. The molecule has 106 valence electrons. The number of aromatic nitrogens is 4. The van der Waals surface area contributed by atoms with Crippen LogP contribution in [0.1, 0.15) is 49.2 Å². The van der Waals surface area contributed by atoms with Gasteiger partial charge in [0.25, 0.3) is 0 Å². The maximum absolute atomic E-state index is 5.56. The van der Waals surface area contributed by atoms with Crippen molar-refractivity contribution < 1.29 is 0 Å². The number of nitrogens with one attached hydrogen (secondary N) is 1. The molecule has 2 heterocycles. The highest BCUT2D eigenvalue weighted by atomic mass is 15.3. The zero-order valence-corrected chi connectivity index (χ0v) is 11.9. The molecule has 1 aliphatic carbocycles. The second-order valence-electron chi connectivity index (χ2n) is 5.29. The van der Waals surface area contributed by atoms with Crippen LogP contribution in [0.2, 0.25) is 0 Å². The van der Waals surface area contributed by atoms with E-state index in [0.29, 0.717) is 11.7 Å². The van der Waals surface area contributed by atoms with Crippen LogP contribution in [-0.4, -0.2) is 19.7 Å². The predicted octanol–water partition coefficient (Wildman–Crippen LogP) is 2.09. The first-order chi connectivity index (χ1) is 9.72. The molecule has 0 atom stereocenters. The normalized spacial score (nSPS) is 14.6. The largest absolute Gasteiger partial charge is 0.308 e. The molecule has 0 amide bonds. The second-order valence-corrected chi connectivity index (χ2v) is 5.29. The van der Waals surface area contributed by atoms with Crippen molar-refractivity contribution in [1.82, 2.24) is 19.7 Å². The van der Waals surface area contributed by atoms with Gasteiger partial charge < -0.3 is 5.43 Å². The molecule has 0 unspecified atom stereocenters. The molecule has 1 saturated carbocycles. The van der Waals surface area contributed by atoms with Crippen molar-refractivity contribution in [3.05, 3.63) is 29.3 Å². The van der Waals surface area contributed by atoms with Gasteiger partial charge in [0.2, 0.25) is 0 Å². The number of rotatable bonds is 5. The van der Waals surface area contributed by atoms with Gasteiger partial charge in [-0.15, -0.1) is 0 Å². The molecule has 0 aliphatic heterocycles. The molecule has 6 nitrogen and oxygen atoms in total. The van der Waals surface area contributed by atoms with Crippen molar-refractivity contribution in [2.24, 2.45) is 5.84 Å². The first kappa shape index (κ1) is 13.1. The quantitative estimate of drug-likeness (QED) is 0.643. The summed E-state index contributed by atoms with van der Waals surface area (Å²) in [5, 5.41) is 4.64. The zero-order valence-electron chi connectivity index (χ0n) is 11.9. The van der Waals surface area contributed by atoms with Crippen LogP contribution in [0.3, 0.4) is 0 Å². The van der Waals surface area contributed by atoms with Crippen molar-refractivity contribution >= 4 is 5.82 Å². The molecular weight excluding hydrogens is 252 g/mol. The Bertz CT molecular complexity index is 614. The van der Waals surface area contributed by atoms with E-state index < -0.39 is 0 Å². The number of hydrogen-bond acceptors (Lipinski definition) is 5. The summed E-state index contributed by atoms with van der Waals surface area (Å²) in [7, 11) is 0. The Kier molecular flexibility index (Phi) is 3.40. The molecule has 6 heteroatoms. The first-order valence-electron chi connectivity index (χ1n) is 7.13. The lowest BCUT2D eigenvalue weighted by Crippen LogP contribution is -2.15. The SMILES string of the molecule is CCCc1nc(NN)c(C)c(-n2ccc(C3CC3)n2)n1. The highest BCUT2D eigenvalue weighted by Gasteiger charge is 2.26. The van der Waals surface area contributed by atoms with Gasteiger partial charge in [0.15, 0.2) is 5.82 Å². The van der Waals surface area contributed by atoms with E-state index in [1.807, 2.05) is 17.8 Å². The summed E-state index contributed by atoms with van der Waals surface area (Å²) in [4.78, 5) is 9.06. The minimum atomic E-state index is 0.639. The van der Waals surface area contributed by atoms with Gasteiger partial charge in [0, 0.05) is 24.1 Å². The van der Waals surface area contributed by atoms with Crippen LogP contribution < -0.4 is 11.3 Å². The van der Waals surface area contributed by atoms with E-state index in [2.05, 4.69) is 33.5 Å². The number of hydrogen-bond donors (Lipinski definition) is 2. The minimum absolute atomic E-state index is 0.639. The average molecular weight is 272 g/mol. The van der Waals surface area contributed by atoms with E-state index >= 15 is 0 Å². The van der Waals surface area contributed by atoms with E-state index in [-0.39, 0.29) is 0 Å². The van der Waals surface area contributed by atoms with E-state index in [9.17, 15) is 0 Å². The number of hydrazine groups is 1. The predicted molar refractivity (Wildman–Crippen MR) is 77.7 cm³/mol. The Morgan fingerprint density at radius 1 is 1.40 bits per heavy atom. The molecule has 0 spiro atoms. The van der Waals surface area contributed by atoms with Gasteiger partial charge in [-0.25, -0.2) is 20.5 Å². The molecule has 2 aromatic rings. The van der Waals surface area contributed by atoms with E-state index in [0.717, 1.165) is 35.7 Å². The molecule has 0 bridgehead atoms. The van der Waals surface area contributed by atoms with E-state index in [1.165, 1.54) is 12.8 Å². The average Bonchev–Trinajstić information content (AvgIpc) is 3.19. The maximum atomic E-state index is 5.56. The lowest BCUT2D eigenvalue weighted by molar-refractivity contribution is 0.765. The third kappa shape index (κ3) is 2.38. The van der Waals surface area contributed by atoms with Crippen molar-refractivity contribution in [3.63, 3.8) is 0 Å². The van der Waals surface area contributed by atoms with Gasteiger partial charge >= 0.3 is 0 Å². The van der Waals surface area contributed by atoms with Gasteiger partial charge in [-0.3, -0.25) is 0 Å². The standard InChI is InChI=1S/C14H20N6/c1-3-4-12-16-13(18-15)9(2)14(17-12)20-8-7-11(19-20)10-5-6-10/h7-8,10H,3-6,15H2,1-2H3,(H,16,17,18). The van der Waals surface area contributed by atoms with Gasteiger partial charge in [-0.2, -0.15) is 5.10 Å². The fourth-order valence-electron chi connectivity index (χ4n) is 2.30. The van der Waals surface area contributed by atoms with Crippen molar-refractivity contribution in [3.8, 4) is 5.82 Å². The molecule has 2 aromatic heterocycles. The number of nitrogens with two attached hydrogens (primary N) is 1. The fraction of sp³-hybridized carbons (Fsp3) is 0.500. The summed E-state index contributed by atoms with van der Waals surface area (Å²) in [6, 6.07) is 2.08. The van der Waals surface area contributed by atoms with Crippen LogP contribution in [-0.2, 0) is 6.42 Å². The Labute approximate surface area is 118 Å². The van der Waals surface area contributed by atoms with Crippen molar-refractivity contribution in [2.75, 3.05) is 5.43 Å².